The lowest BCUT2D eigenvalue weighted by Gasteiger charge is -2.15. The first kappa shape index (κ1) is 20.9. The molecule has 0 saturated carbocycles. The van der Waals surface area contributed by atoms with Gasteiger partial charge in [0.15, 0.2) is 5.96 Å². The fraction of sp³-hybridized carbons (Fsp3) is 0.533. The van der Waals surface area contributed by atoms with Crippen molar-refractivity contribution in [2.75, 3.05) is 46.3 Å². The van der Waals surface area contributed by atoms with E-state index in [1.807, 2.05) is 20.2 Å². The van der Waals surface area contributed by atoms with Crippen LogP contribution in [0.25, 0.3) is 0 Å². The zero-order chi connectivity index (χ0) is 15.7. The maximum Gasteiger partial charge on any atom is 0.191 e. The molecule has 2 N–H and O–H groups in total. The number of ether oxygens (including phenoxy) is 1. The first-order chi connectivity index (χ1) is 10.1. The number of hydrogen-bond donors (Lipinski definition) is 2. The van der Waals surface area contributed by atoms with Crippen molar-refractivity contribution in [1.29, 1.82) is 0 Å². The molecule has 0 aliphatic carbocycles. The molecule has 0 amide bonds. The number of hydrogen-bond acceptors (Lipinski definition) is 3. The molecule has 0 aliphatic heterocycles. The molecule has 126 valence electrons. The van der Waals surface area contributed by atoms with Gasteiger partial charge in [-0.3, -0.25) is 4.99 Å². The van der Waals surface area contributed by atoms with Gasteiger partial charge in [0.1, 0.15) is 5.82 Å². The van der Waals surface area contributed by atoms with E-state index in [2.05, 4.69) is 15.6 Å². The van der Waals surface area contributed by atoms with E-state index in [0.29, 0.717) is 24.8 Å². The average molecular weight is 424 g/mol. The summed E-state index contributed by atoms with van der Waals surface area (Å²) < 4.78 is 18.8. The van der Waals surface area contributed by atoms with Crippen LogP contribution in [0.15, 0.2) is 23.2 Å². The number of nitrogens with zero attached hydrogens (tertiary/aromatic N) is 2. The highest BCUT2D eigenvalue weighted by atomic mass is 127. The van der Waals surface area contributed by atoms with Crippen LogP contribution in [0.4, 0.5) is 10.1 Å². The molecule has 22 heavy (non-hydrogen) atoms. The van der Waals surface area contributed by atoms with Crippen molar-refractivity contribution in [2.45, 2.75) is 13.0 Å². The summed E-state index contributed by atoms with van der Waals surface area (Å²) in [5, 5.41) is 6.33. The van der Waals surface area contributed by atoms with E-state index in [-0.39, 0.29) is 29.8 Å². The third-order valence-electron chi connectivity index (χ3n) is 3.00. The topological polar surface area (TPSA) is 48.9 Å². The maximum absolute atomic E-state index is 13.9. The summed E-state index contributed by atoms with van der Waals surface area (Å²) in [6.45, 7) is 2.01. The zero-order valence-electron chi connectivity index (χ0n) is 13.6. The van der Waals surface area contributed by atoms with Crippen LogP contribution >= 0.6 is 24.0 Å². The van der Waals surface area contributed by atoms with Gasteiger partial charge in [-0.15, -0.1) is 24.0 Å². The van der Waals surface area contributed by atoms with Gasteiger partial charge in [-0.2, -0.15) is 0 Å². The fourth-order valence-electron chi connectivity index (χ4n) is 1.85. The summed E-state index contributed by atoms with van der Waals surface area (Å²) in [6.07, 6.45) is 0.906. The molecule has 0 saturated heterocycles. The van der Waals surface area contributed by atoms with E-state index in [0.717, 1.165) is 18.5 Å². The smallest absolute Gasteiger partial charge is 0.191 e. The molecule has 1 aromatic carbocycles. The Morgan fingerprint density at radius 3 is 2.59 bits per heavy atom. The van der Waals surface area contributed by atoms with Crippen LogP contribution in [0.5, 0.6) is 0 Å². The molecular weight excluding hydrogens is 398 g/mol. The lowest BCUT2D eigenvalue weighted by atomic mass is 10.2. The highest BCUT2D eigenvalue weighted by molar-refractivity contribution is 14.0. The summed E-state index contributed by atoms with van der Waals surface area (Å²) >= 11 is 0. The van der Waals surface area contributed by atoms with Crippen LogP contribution in [0, 0.1) is 5.82 Å². The molecule has 0 bridgehead atoms. The lowest BCUT2D eigenvalue weighted by molar-refractivity contribution is 0.195. The van der Waals surface area contributed by atoms with Gasteiger partial charge in [0.05, 0.1) is 5.69 Å². The molecule has 0 atom stereocenters. The molecule has 5 nitrogen and oxygen atoms in total. The van der Waals surface area contributed by atoms with E-state index in [1.165, 1.54) is 0 Å². The van der Waals surface area contributed by atoms with Crippen molar-refractivity contribution in [2.24, 2.45) is 4.99 Å². The van der Waals surface area contributed by atoms with Crippen molar-refractivity contribution < 1.29 is 9.13 Å². The number of aliphatic imine (C=N–C) groups is 1. The molecular formula is C15H26FIN4O. The number of anilines is 1. The van der Waals surface area contributed by atoms with Crippen LogP contribution in [0.1, 0.15) is 12.0 Å². The molecule has 7 heteroatoms. The Morgan fingerprint density at radius 1 is 1.32 bits per heavy atom. The number of halogens is 2. The van der Waals surface area contributed by atoms with Crippen LogP contribution in [-0.4, -0.2) is 47.4 Å². The molecule has 0 unspecified atom stereocenters. The minimum Gasteiger partial charge on any atom is -0.385 e. The molecule has 0 radical (unpaired) electrons. The number of guanidine groups is 1. The number of rotatable bonds is 7. The van der Waals surface area contributed by atoms with E-state index in [1.54, 1.807) is 31.2 Å². The first-order valence-corrected chi connectivity index (χ1v) is 6.97. The first-order valence-electron chi connectivity index (χ1n) is 6.97. The second-order valence-electron chi connectivity index (χ2n) is 4.88. The van der Waals surface area contributed by atoms with Gasteiger partial charge in [0.25, 0.3) is 0 Å². The zero-order valence-corrected chi connectivity index (χ0v) is 16.0. The number of benzene rings is 1. The van der Waals surface area contributed by atoms with Gasteiger partial charge in [0.2, 0.25) is 0 Å². The van der Waals surface area contributed by atoms with Crippen molar-refractivity contribution in [3.63, 3.8) is 0 Å². The van der Waals surface area contributed by atoms with Gasteiger partial charge >= 0.3 is 0 Å². The van der Waals surface area contributed by atoms with Crippen molar-refractivity contribution in [3.8, 4) is 0 Å². The minimum absolute atomic E-state index is 0. The van der Waals surface area contributed by atoms with E-state index < -0.39 is 0 Å². The predicted octanol–water partition coefficient (Wildman–Crippen LogP) is 2.21. The molecule has 0 aromatic heterocycles. The number of methoxy groups -OCH3 is 1. The SMILES string of the molecule is CN=C(NCCCOC)NCc1ccc(N(C)C)c(F)c1.I. The maximum atomic E-state index is 13.9. The normalized spacial score (nSPS) is 10.9. The summed E-state index contributed by atoms with van der Waals surface area (Å²) in [5.74, 6) is 0.477. The van der Waals surface area contributed by atoms with Gasteiger partial charge in [-0.1, -0.05) is 6.07 Å². The Kier molecular flexibility index (Phi) is 10.9. The Balaban J connectivity index is 0.00000441. The van der Waals surface area contributed by atoms with Crippen molar-refractivity contribution in [1.82, 2.24) is 10.6 Å². The molecule has 0 spiro atoms. The van der Waals surface area contributed by atoms with Crippen LogP contribution < -0.4 is 15.5 Å². The highest BCUT2D eigenvalue weighted by Crippen LogP contribution is 2.18. The molecule has 1 aromatic rings. The van der Waals surface area contributed by atoms with E-state index in [4.69, 9.17) is 4.74 Å². The quantitative estimate of drug-likeness (QED) is 0.305. The standard InChI is InChI=1S/C15H25FN4O.HI/c1-17-15(18-8-5-9-21-4)19-11-12-6-7-14(20(2)3)13(16)10-12;/h6-7,10H,5,8-9,11H2,1-4H3,(H2,17,18,19);1H. The van der Waals surface area contributed by atoms with E-state index >= 15 is 0 Å². The molecule has 0 fully saturated rings. The second kappa shape index (κ2) is 11.5. The Bertz CT molecular complexity index is 469. The summed E-state index contributed by atoms with van der Waals surface area (Å²) in [5.41, 5.74) is 1.46. The van der Waals surface area contributed by atoms with Gasteiger partial charge < -0.3 is 20.3 Å². The second-order valence-corrected chi connectivity index (χ2v) is 4.88. The largest absolute Gasteiger partial charge is 0.385 e. The third kappa shape index (κ3) is 7.26. The van der Waals surface area contributed by atoms with E-state index in [9.17, 15) is 4.39 Å². The van der Waals surface area contributed by atoms with Gasteiger partial charge in [-0.05, 0) is 24.1 Å². The molecule has 0 aliphatic rings. The fourth-order valence-corrected chi connectivity index (χ4v) is 1.85. The molecule has 0 heterocycles. The summed E-state index contributed by atoms with van der Waals surface area (Å²) in [4.78, 5) is 5.87. The Morgan fingerprint density at radius 2 is 2.05 bits per heavy atom. The van der Waals surface area contributed by atoms with Gasteiger partial charge in [0, 0.05) is 47.9 Å². The van der Waals surface area contributed by atoms with Crippen molar-refractivity contribution in [3.05, 3.63) is 29.6 Å². The van der Waals surface area contributed by atoms with Crippen molar-refractivity contribution >= 4 is 35.6 Å². The van der Waals surface area contributed by atoms with Crippen LogP contribution in [0.2, 0.25) is 0 Å². The third-order valence-corrected chi connectivity index (χ3v) is 3.00. The van der Waals surface area contributed by atoms with Crippen LogP contribution in [0.3, 0.4) is 0 Å². The summed E-state index contributed by atoms with van der Waals surface area (Å²) in [6, 6.07) is 5.23. The number of nitrogens with one attached hydrogen (secondary N) is 2. The lowest BCUT2D eigenvalue weighted by Crippen LogP contribution is -2.37. The Hall–Kier alpha value is -1.09. The average Bonchev–Trinajstić information content (AvgIpc) is 2.46. The Labute approximate surface area is 149 Å². The minimum atomic E-state index is -0.220. The highest BCUT2D eigenvalue weighted by Gasteiger charge is 2.05. The van der Waals surface area contributed by atoms with Gasteiger partial charge in [-0.25, -0.2) is 4.39 Å². The monoisotopic (exact) mass is 424 g/mol. The van der Waals surface area contributed by atoms with Crippen LogP contribution in [-0.2, 0) is 11.3 Å². The molecule has 1 rings (SSSR count). The summed E-state index contributed by atoms with van der Waals surface area (Å²) in [7, 11) is 7.03. The predicted molar refractivity (Wildman–Crippen MR) is 101 cm³/mol.